The number of aromatic nitrogens is 2. The third kappa shape index (κ3) is 5.17. The molecule has 0 fully saturated rings. The van der Waals surface area contributed by atoms with E-state index in [1.165, 1.54) is 27.6 Å². The molecule has 0 unspecified atom stereocenters. The molecule has 4 rings (SSSR count). The van der Waals surface area contributed by atoms with E-state index in [-0.39, 0.29) is 5.91 Å². The zero-order valence-electron chi connectivity index (χ0n) is 19.5. The van der Waals surface area contributed by atoms with Gasteiger partial charge in [0.05, 0.1) is 5.69 Å². The first-order valence-corrected chi connectivity index (χ1v) is 11.5. The molecule has 2 heterocycles. The van der Waals surface area contributed by atoms with Gasteiger partial charge in [-0.2, -0.15) is 0 Å². The molecule has 0 saturated carbocycles. The Hall–Kier alpha value is -3.38. The minimum Gasteiger partial charge on any atom is -0.361 e. The number of hydrogen-bond donors (Lipinski definition) is 2. The summed E-state index contributed by atoms with van der Waals surface area (Å²) in [6.07, 6.45) is 6.15. The van der Waals surface area contributed by atoms with Gasteiger partial charge in [-0.25, -0.2) is 5.48 Å². The monoisotopic (exact) mass is 445 g/mol. The third-order valence-corrected chi connectivity index (χ3v) is 6.19. The molecule has 0 aliphatic carbocycles. The highest BCUT2D eigenvalue weighted by molar-refractivity contribution is 5.89. The predicted molar refractivity (Wildman–Crippen MR) is 129 cm³/mol. The lowest BCUT2D eigenvalue weighted by Gasteiger charge is -2.07. The molecular formula is C27H31N3O3. The Bertz CT molecular complexity index is 1250. The van der Waals surface area contributed by atoms with Crippen molar-refractivity contribution in [3.05, 3.63) is 76.8 Å². The topological polar surface area (TPSA) is 80.3 Å². The van der Waals surface area contributed by atoms with Crippen LogP contribution in [0.25, 0.3) is 22.0 Å². The normalized spacial score (nSPS) is 11.3. The fourth-order valence-corrected chi connectivity index (χ4v) is 4.59. The Balaban J connectivity index is 1.64. The summed E-state index contributed by atoms with van der Waals surface area (Å²) >= 11 is 0. The SMILES string of the molecule is Cc1cccc(Cc2cn(CCCCCC(=O)NO)c3ccc(-c4c(C)noc4C)cc23)c1. The number of nitrogens with one attached hydrogen (secondary N) is 1. The van der Waals surface area contributed by atoms with Gasteiger partial charge in [-0.05, 0) is 68.9 Å². The van der Waals surface area contributed by atoms with Crippen LogP contribution in [0.4, 0.5) is 0 Å². The van der Waals surface area contributed by atoms with Crippen LogP contribution < -0.4 is 5.48 Å². The zero-order valence-corrected chi connectivity index (χ0v) is 19.5. The first-order chi connectivity index (χ1) is 16.0. The zero-order chi connectivity index (χ0) is 23.4. The second-order valence-electron chi connectivity index (χ2n) is 8.79. The Morgan fingerprint density at radius 2 is 1.94 bits per heavy atom. The quantitative estimate of drug-likeness (QED) is 0.192. The smallest absolute Gasteiger partial charge is 0.243 e. The van der Waals surface area contributed by atoms with Gasteiger partial charge in [0.25, 0.3) is 0 Å². The van der Waals surface area contributed by atoms with Crippen LogP contribution in [0.2, 0.25) is 0 Å². The van der Waals surface area contributed by atoms with E-state index in [2.05, 4.69) is 65.3 Å². The molecule has 6 heteroatoms. The molecule has 0 spiro atoms. The van der Waals surface area contributed by atoms with Crippen LogP contribution in [0.1, 0.15) is 53.8 Å². The van der Waals surface area contributed by atoms with Crippen molar-refractivity contribution in [2.45, 2.75) is 59.4 Å². The summed E-state index contributed by atoms with van der Waals surface area (Å²) in [4.78, 5) is 11.2. The summed E-state index contributed by atoms with van der Waals surface area (Å²) in [5, 5.41) is 14.0. The number of hydroxylamine groups is 1. The number of nitrogens with zero attached hydrogens (tertiary/aromatic N) is 2. The van der Waals surface area contributed by atoms with Crippen LogP contribution in [0.5, 0.6) is 0 Å². The number of unbranched alkanes of at least 4 members (excludes halogenated alkanes) is 2. The number of fused-ring (bicyclic) bond motifs is 1. The van der Waals surface area contributed by atoms with Crippen molar-refractivity contribution in [1.29, 1.82) is 0 Å². The van der Waals surface area contributed by atoms with Crippen molar-refractivity contribution in [3.8, 4) is 11.1 Å². The summed E-state index contributed by atoms with van der Waals surface area (Å²) in [5.74, 6) is 0.507. The van der Waals surface area contributed by atoms with E-state index >= 15 is 0 Å². The van der Waals surface area contributed by atoms with Crippen molar-refractivity contribution in [1.82, 2.24) is 15.2 Å². The van der Waals surface area contributed by atoms with E-state index in [9.17, 15) is 4.79 Å². The minimum atomic E-state index is -0.325. The van der Waals surface area contributed by atoms with Crippen molar-refractivity contribution in [3.63, 3.8) is 0 Å². The summed E-state index contributed by atoms with van der Waals surface area (Å²) in [7, 11) is 0. The summed E-state index contributed by atoms with van der Waals surface area (Å²) < 4.78 is 7.73. The fraction of sp³-hybridized carbons (Fsp3) is 0.333. The maximum atomic E-state index is 11.2. The number of amides is 1. The lowest BCUT2D eigenvalue weighted by Crippen LogP contribution is -2.17. The van der Waals surface area contributed by atoms with Gasteiger partial charge in [0, 0.05) is 35.6 Å². The molecule has 0 saturated heterocycles. The molecule has 6 nitrogen and oxygen atoms in total. The fourth-order valence-electron chi connectivity index (χ4n) is 4.59. The predicted octanol–water partition coefficient (Wildman–Crippen LogP) is 5.88. The number of carbonyl (C=O) groups excluding carboxylic acids is 1. The van der Waals surface area contributed by atoms with Gasteiger partial charge >= 0.3 is 0 Å². The average molecular weight is 446 g/mol. The second-order valence-corrected chi connectivity index (χ2v) is 8.79. The molecule has 33 heavy (non-hydrogen) atoms. The number of hydrogen-bond acceptors (Lipinski definition) is 4. The maximum absolute atomic E-state index is 11.2. The van der Waals surface area contributed by atoms with E-state index in [0.29, 0.717) is 6.42 Å². The Morgan fingerprint density at radius 1 is 1.09 bits per heavy atom. The molecule has 172 valence electrons. The molecular weight excluding hydrogens is 414 g/mol. The Kier molecular flexibility index (Phi) is 6.94. The Morgan fingerprint density at radius 3 is 2.67 bits per heavy atom. The van der Waals surface area contributed by atoms with Gasteiger partial charge in [0.1, 0.15) is 5.76 Å². The van der Waals surface area contributed by atoms with E-state index in [1.807, 2.05) is 13.8 Å². The summed E-state index contributed by atoms with van der Waals surface area (Å²) in [6.45, 7) is 6.94. The van der Waals surface area contributed by atoms with Crippen LogP contribution >= 0.6 is 0 Å². The molecule has 2 aromatic carbocycles. The van der Waals surface area contributed by atoms with Crippen LogP contribution in [-0.4, -0.2) is 20.8 Å². The second kappa shape index (κ2) is 10.0. The lowest BCUT2D eigenvalue weighted by atomic mass is 9.98. The van der Waals surface area contributed by atoms with Crippen molar-refractivity contribution >= 4 is 16.8 Å². The highest BCUT2D eigenvalue weighted by Crippen LogP contribution is 2.33. The largest absolute Gasteiger partial charge is 0.361 e. The molecule has 2 aromatic heterocycles. The van der Waals surface area contributed by atoms with Gasteiger partial charge in [-0.15, -0.1) is 0 Å². The van der Waals surface area contributed by atoms with Crippen LogP contribution in [0.3, 0.4) is 0 Å². The highest BCUT2D eigenvalue weighted by atomic mass is 16.5. The standard InChI is InChI=1S/C27H31N3O3/c1-18-8-7-9-21(14-18)15-23-17-30(13-6-4-5-10-26(31)28-32)25-12-11-22(16-24(23)25)27-19(2)29-33-20(27)3/h7-9,11-12,14,16-17,32H,4-6,10,13,15H2,1-3H3,(H,28,31). The van der Waals surface area contributed by atoms with Crippen LogP contribution in [0, 0.1) is 20.8 Å². The van der Waals surface area contributed by atoms with Crippen molar-refractivity contribution in [2.24, 2.45) is 0 Å². The van der Waals surface area contributed by atoms with Gasteiger partial charge in [0.2, 0.25) is 5.91 Å². The highest BCUT2D eigenvalue weighted by Gasteiger charge is 2.15. The molecule has 0 radical (unpaired) electrons. The van der Waals surface area contributed by atoms with E-state index in [4.69, 9.17) is 9.73 Å². The van der Waals surface area contributed by atoms with E-state index < -0.39 is 0 Å². The van der Waals surface area contributed by atoms with Gasteiger partial charge < -0.3 is 9.09 Å². The molecule has 0 atom stereocenters. The number of rotatable bonds is 9. The lowest BCUT2D eigenvalue weighted by molar-refractivity contribution is -0.129. The molecule has 0 bridgehead atoms. The summed E-state index contributed by atoms with van der Waals surface area (Å²) in [6, 6.07) is 15.3. The number of carbonyl (C=O) groups is 1. The minimum absolute atomic E-state index is 0.325. The first-order valence-electron chi connectivity index (χ1n) is 11.5. The molecule has 2 N–H and O–H groups in total. The first kappa shape index (κ1) is 22.8. The van der Waals surface area contributed by atoms with Crippen LogP contribution in [0.15, 0.2) is 53.2 Å². The van der Waals surface area contributed by atoms with Crippen LogP contribution in [-0.2, 0) is 17.8 Å². The third-order valence-electron chi connectivity index (χ3n) is 6.19. The van der Waals surface area contributed by atoms with Gasteiger partial charge in [0.15, 0.2) is 0 Å². The van der Waals surface area contributed by atoms with Gasteiger partial charge in [-0.3, -0.25) is 10.0 Å². The average Bonchev–Trinajstić information content (AvgIpc) is 3.32. The maximum Gasteiger partial charge on any atom is 0.243 e. The van der Waals surface area contributed by atoms with E-state index in [0.717, 1.165) is 54.8 Å². The summed E-state index contributed by atoms with van der Waals surface area (Å²) in [5.41, 5.74) is 9.85. The van der Waals surface area contributed by atoms with Gasteiger partial charge in [-0.1, -0.05) is 47.5 Å². The number of benzene rings is 2. The van der Waals surface area contributed by atoms with E-state index in [1.54, 1.807) is 5.48 Å². The molecule has 0 aliphatic rings. The molecule has 1 amide bonds. The Labute approximate surface area is 194 Å². The number of aryl methyl sites for hydroxylation is 4. The molecule has 0 aliphatic heterocycles. The molecule has 4 aromatic rings. The van der Waals surface area contributed by atoms with Crippen molar-refractivity contribution in [2.75, 3.05) is 0 Å². The van der Waals surface area contributed by atoms with Crippen molar-refractivity contribution < 1.29 is 14.5 Å².